The Morgan fingerprint density at radius 1 is 0.902 bits per heavy atom. The Kier molecular flexibility index (Phi) is 13.4. The van der Waals surface area contributed by atoms with E-state index < -0.39 is 29.0 Å². The second kappa shape index (κ2) is 18.2. The molecule has 1 unspecified atom stereocenters. The molecule has 3 aliphatic rings. The summed E-state index contributed by atoms with van der Waals surface area (Å²) < 4.78 is 11.8. The van der Waals surface area contributed by atoms with Gasteiger partial charge in [0, 0.05) is 50.1 Å². The number of benzene rings is 3. The van der Waals surface area contributed by atoms with Crippen molar-refractivity contribution in [1.29, 1.82) is 0 Å². The fraction of sp³-hybridized carbons (Fsp3) is 0.364. The van der Waals surface area contributed by atoms with Crippen LogP contribution in [0.1, 0.15) is 101 Å². The summed E-state index contributed by atoms with van der Waals surface area (Å²) in [4.78, 5) is 52.6. The van der Waals surface area contributed by atoms with E-state index in [-0.39, 0.29) is 63.0 Å². The van der Waals surface area contributed by atoms with Gasteiger partial charge in [-0.05, 0) is 82.2 Å². The number of nitrogens with zero attached hydrogens (tertiary/aromatic N) is 6. The first-order valence-electron chi connectivity index (χ1n) is 19.7. The molecule has 6 rings (SSSR count). The molecule has 0 saturated carbocycles. The smallest absolute Gasteiger partial charge is 0.272 e. The van der Waals surface area contributed by atoms with Gasteiger partial charge in [0.15, 0.2) is 6.61 Å². The Hall–Kier alpha value is -5.57. The third-order valence-electron chi connectivity index (χ3n) is 11.4. The van der Waals surface area contributed by atoms with Gasteiger partial charge in [-0.25, -0.2) is 0 Å². The maximum absolute atomic E-state index is 14.0. The molecular weight excluding hydrogens is 843 g/mol. The van der Waals surface area contributed by atoms with Crippen LogP contribution in [0.3, 0.4) is 0 Å². The van der Waals surface area contributed by atoms with Crippen LogP contribution in [0.4, 0.5) is 5.69 Å². The zero-order valence-electron chi connectivity index (χ0n) is 34.9. The SMILES string of the molecule is CCC(C)(C)c1ccc(OCC(=O)Nc2cccc(C(=O)NC3=C(OC)C=CC(C4=NN(N=NN5N=CCC5=O)C(=O)C4)(c4c(Cl)cc(Cl)cc4Cl)C3)c2)c(C(C)(C)CC)c1. The van der Waals surface area contributed by atoms with Gasteiger partial charge < -0.3 is 20.1 Å². The lowest BCUT2D eigenvalue weighted by molar-refractivity contribution is -0.132. The van der Waals surface area contributed by atoms with Crippen LogP contribution in [0, 0.1) is 0 Å². The largest absolute Gasteiger partial charge is 0.495 e. The van der Waals surface area contributed by atoms with Gasteiger partial charge in [-0.1, -0.05) is 111 Å². The molecule has 0 saturated heterocycles. The summed E-state index contributed by atoms with van der Waals surface area (Å²) in [5, 5.41) is 23.9. The maximum Gasteiger partial charge on any atom is 0.272 e. The molecule has 3 aromatic rings. The summed E-state index contributed by atoms with van der Waals surface area (Å²) in [6, 6.07) is 15.7. The molecular formula is C44H47Cl3N8O6. The van der Waals surface area contributed by atoms with E-state index in [0.717, 1.165) is 28.6 Å². The lowest BCUT2D eigenvalue weighted by atomic mass is 9.69. The van der Waals surface area contributed by atoms with E-state index in [9.17, 15) is 19.2 Å². The average molecular weight is 890 g/mol. The second-order valence-electron chi connectivity index (χ2n) is 16.1. The highest BCUT2D eigenvalue weighted by molar-refractivity contribution is 6.40. The topological polar surface area (TPSA) is 167 Å². The number of ether oxygens (including phenoxy) is 2. The minimum Gasteiger partial charge on any atom is -0.495 e. The molecule has 61 heavy (non-hydrogen) atoms. The van der Waals surface area contributed by atoms with Gasteiger partial charge in [-0.15, -0.1) is 0 Å². The Labute approximate surface area is 369 Å². The Balaban J connectivity index is 1.23. The number of anilines is 1. The van der Waals surface area contributed by atoms with Crippen molar-refractivity contribution in [3.63, 3.8) is 0 Å². The van der Waals surface area contributed by atoms with Crippen molar-refractivity contribution < 1.29 is 28.7 Å². The molecule has 0 aromatic heterocycles. The molecule has 2 heterocycles. The molecule has 14 nitrogen and oxygen atoms in total. The van der Waals surface area contributed by atoms with Crippen LogP contribution in [0.5, 0.6) is 5.75 Å². The molecule has 3 aromatic carbocycles. The van der Waals surface area contributed by atoms with E-state index in [2.05, 4.69) is 85.0 Å². The van der Waals surface area contributed by atoms with Crippen LogP contribution in [0.25, 0.3) is 0 Å². The van der Waals surface area contributed by atoms with Gasteiger partial charge in [0.05, 0.1) is 36.8 Å². The average Bonchev–Trinajstić information content (AvgIpc) is 3.82. The highest BCUT2D eigenvalue weighted by atomic mass is 35.5. The maximum atomic E-state index is 14.0. The number of hydrogen-bond acceptors (Lipinski definition) is 10. The number of carbonyl (C=O) groups is 4. The predicted octanol–water partition coefficient (Wildman–Crippen LogP) is 9.61. The first-order chi connectivity index (χ1) is 28.9. The lowest BCUT2D eigenvalue weighted by Crippen LogP contribution is -2.40. The van der Waals surface area contributed by atoms with Crippen molar-refractivity contribution in [2.24, 2.45) is 20.6 Å². The van der Waals surface area contributed by atoms with Crippen LogP contribution >= 0.6 is 34.8 Å². The number of rotatable bonds is 15. The van der Waals surface area contributed by atoms with Crippen LogP contribution in [0.15, 0.2) is 98.9 Å². The normalized spacial score (nSPS) is 18.0. The molecule has 1 atom stereocenters. The fourth-order valence-electron chi connectivity index (χ4n) is 7.04. The third kappa shape index (κ3) is 9.66. The molecule has 2 N–H and O–H groups in total. The molecule has 320 valence electrons. The quantitative estimate of drug-likeness (QED) is 0.144. The summed E-state index contributed by atoms with van der Waals surface area (Å²) in [5.74, 6) is -0.950. The van der Waals surface area contributed by atoms with E-state index >= 15 is 0 Å². The zero-order chi connectivity index (χ0) is 44.3. The number of methoxy groups -OCH3 is 1. The molecule has 17 heteroatoms. The molecule has 4 amide bonds. The first kappa shape index (κ1) is 45.0. The number of halogens is 3. The van der Waals surface area contributed by atoms with Gasteiger partial charge in [-0.2, -0.15) is 10.2 Å². The van der Waals surface area contributed by atoms with Gasteiger partial charge >= 0.3 is 0 Å². The van der Waals surface area contributed by atoms with Crippen LogP contribution < -0.4 is 15.4 Å². The predicted molar refractivity (Wildman–Crippen MR) is 236 cm³/mol. The van der Waals surface area contributed by atoms with E-state index in [4.69, 9.17) is 44.3 Å². The molecule has 0 spiro atoms. The van der Waals surface area contributed by atoms with E-state index in [1.54, 1.807) is 36.4 Å². The molecule has 0 fully saturated rings. The number of hydrogen-bond donors (Lipinski definition) is 2. The highest BCUT2D eigenvalue weighted by Gasteiger charge is 2.46. The van der Waals surface area contributed by atoms with Crippen molar-refractivity contribution in [2.45, 2.75) is 89.9 Å². The Bertz CT molecular complexity index is 2400. The van der Waals surface area contributed by atoms with E-state index in [1.165, 1.54) is 31.0 Å². The Morgan fingerprint density at radius 3 is 2.26 bits per heavy atom. The number of amides is 4. The number of carbonyl (C=O) groups excluding carboxylic acids is 4. The van der Waals surface area contributed by atoms with Crippen molar-refractivity contribution in [3.8, 4) is 5.75 Å². The summed E-state index contributed by atoms with van der Waals surface area (Å²) in [5.41, 5.74) is 2.24. The van der Waals surface area contributed by atoms with Crippen molar-refractivity contribution in [3.05, 3.63) is 116 Å². The van der Waals surface area contributed by atoms with E-state index in [0.29, 0.717) is 28.5 Å². The zero-order valence-corrected chi connectivity index (χ0v) is 37.2. The molecule has 0 bridgehead atoms. The number of allylic oxidation sites excluding steroid dienone is 3. The lowest BCUT2D eigenvalue weighted by Gasteiger charge is -2.36. The second-order valence-corrected chi connectivity index (χ2v) is 17.4. The van der Waals surface area contributed by atoms with Crippen molar-refractivity contribution in [2.75, 3.05) is 19.0 Å². The monoisotopic (exact) mass is 888 g/mol. The number of nitrogens with one attached hydrogen (secondary N) is 2. The van der Waals surface area contributed by atoms with Gasteiger partial charge in [0.1, 0.15) is 11.5 Å². The molecule has 0 radical (unpaired) electrons. The Morgan fingerprint density at radius 2 is 1.61 bits per heavy atom. The van der Waals surface area contributed by atoms with Gasteiger partial charge in [0.25, 0.3) is 23.6 Å². The summed E-state index contributed by atoms with van der Waals surface area (Å²) in [6.07, 6.45) is 6.34. The van der Waals surface area contributed by atoms with Crippen molar-refractivity contribution >= 4 is 76.0 Å². The minimum absolute atomic E-state index is 0.0173. The van der Waals surface area contributed by atoms with Crippen molar-refractivity contribution in [1.82, 2.24) is 15.6 Å². The highest BCUT2D eigenvalue weighted by Crippen LogP contribution is 2.48. The van der Waals surface area contributed by atoms with Gasteiger partial charge in [0.2, 0.25) is 0 Å². The van der Waals surface area contributed by atoms with Gasteiger partial charge in [-0.3, -0.25) is 19.2 Å². The van der Waals surface area contributed by atoms with Crippen LogP contribution in [0.2, 0.25) is 15.1 Å². The standard InChI is InChI=1S/C44H47Cl3N8O6/c1-8-42(3,4)27-13-14-34(30(20-27)43(5,6)9-2)61-25-37(56)49-29-12-10-11-26(19-29)41(59)50-33-24-44(17-15-35(33)60-7,40-31(46)21-28(45)22-32(40)47)36-23-39(58)55(51-36)53-52-54-38(57)16-18-48-54/h10-15,17-22H,8-9,16,23-25H2,1-7H3,(H,49,56)(H,50,59). The summed E-state index contributed by atoms with van der Waals surface area (Å²) in [6.45, 7) is 12.8. The van der Waals surface area contributed by atoms with E-state index in [1.807, 2.05) is 6.07 Å². The molecule has 2 aliphatic heterocycles. The third-order valence-corrected chi connectivity index (χ3v) is 12.2. The minimum atomic E-state index is -1.33. The summed E-state index contributed by atoms with van der Waals surface area (Å²) in [7, 11) is 1.45. The van der Waals surface area contributed by atoms with Crippen LogP contribution in [-0.2, 0) is 35.4 Å². The fourth-order valence-corrected chi connectivity index (χ4v) is 8.19. The van der Waals surface area contributed by atoms with Crippen LogP contribution in [-0.4, -0.2) is 59.5 Å². The summed E-state index contributed by atoms with van der Waals surface area (Å²) >= 11 is 20.0. The number of hydrazone groups is 2. The molecule has 1 aliphatic carbocycles. The first-order valence-corrected chi connectivity index (χ1v) is 20.8.